The van der Waals surface area contributed by atoms with E-state index >= 15 is 0 Å². The molecule has 1 saturated heterocycles. The first kappa shape index (κ1) is 18.7. The van der Waals surface area contributed by atoms with Gasteiger partial charge in [0.15, 0.2) is 0 Å². The van der Waals surface area contributed by atoms with E-state index < -0.39 is 17.5 Å². The van der Waals surface area contributed by atoms with Crippen LogP contribution in [0.15, 0.2) is 22.6 Å². The van der Waals surface area contributed by atoms with E-state index in [9.17, 15) is 13.2 Å². The third kappa shape index (κ3) is 3.18. The maximum atomic E-state index is 13.1. The number of hydrogen-bond acceptors (Lipinski definition) is 6. The first-order valence-electron chi connectivity index (χ1n) is 8.47. The van der Waals surface area contributed by atoms with E-state index in [0.29, 0.717) is 17.3 Å². The Hall–Kier alpha value is -2.07. The number of nitrogens with two attached hydrogens (primary N) is 1. The normalized spacial score (nSPS) is 24.8. The van der Waals surface area contributed by atoms with Crippen molar-refractivity contribution in [2.75, 3.05) is 20.1 Å². The Morgan fingerprint density at radius 3 is 2.58 bits per heavy atom. The van der Waals surface area contributed by atoms with Gasteiger partial charge in [0.25, 0.3) is 0 Å². The number of allylic oxidation sites excluding steroid dienone is 1. The molecule has 0 aromatic carbocycles. The molecule has 1 aromatic rings. The number of aliphatic imine (C=N–C) groups is 1. The number of nitrogens with one attached hydrogen (secondary N) is 2. The number of rotatable bonds is 4. The van der Waals surface area contributed by atoms with Crippen molar-refractivity contribution < 1.29 is 13.2 Å². The molecule has 7 nitrogen and oxygen atoms in total. The second kappa shape index (κ2) is 6.27. The number of aryl methyl sites for hydroxylation is 1. The van der Waals surface area contributed by atoms with E-state index in [4.69, 9.17) is 5.73 Å². The number of halogens is 3. The molecule has 3 rings (SSSR count). The van der Waals surface area contributed by atoms with Gasteiger partial charge >= 0.3 is 6.18 Å². The zero-order chi connectivity index (χ0) is 19.3. The number of nitrogens with zero attached hydrogens (tertiary/aromatic N) is 4. The maximum absolute atomic E-state index is 13.1. The Balaban J connectivity index is 1.84. The van der Waals surface area contributed by atoms with Crippen molar-refractivity contribution in [3.63, 3.8) is 0 Å². The lowest BCUT2D eigenvalue weighted by Crippen LogP contribution is -2.54. The van der Waals surface area contributed by atoms with E-state index in [1.165, 1.54) is 7.05 Å². The quantitative estimate of drug-likeness (QED) is 0.741. The average molecular weight is 371 g/mol. The monoisotopic (exact) mass is 371 g/mol. The molecule has 4 N–H and O–H groups in total. The van der Waals surface area contributed by atoms with Crippen molar-refractivity contribution in [3.05, 3.63) is 28.8 Å². The van der Waals surface area contributed by atoms with Gasteiger partial charge in [-0.3, -0.25) is 15.3 Å². The molecular formula is C16H24F3N7. The first-order valence-corrected chi connectivity index (χ1v) is 8.47. The Morgan fingerprint density at radius 2 is 2.04 bits per heavy atom. The van der Waals surface area contributed by atoms with Crippen LogP contribution >= 0.6 is 0 Å². The lowest BCUT2D eigenvalue weighted by Gasteiger charge is -2.42. The highest BCUT2D eigenvalue weighted by molar-refractivity contribution is 5.82. The number of aromatic nitrogens is 2. The van der Waals surface area contributed by atoms with Crippen LogP contribution < -0.4 is 16.4 Å². The third-order valence-corrected chi connectivity index (χ3v) is 4.86. The third-order valence-electron chi connectivity index (χ3n) is 4.86. The summed E-state index contributed by atoms with van der Waals surface area (Å²) in [5.74, 6) is -1.71. The molecule has 0 spiro atoms. The van der Waals surface area contributed by atoms with Crippen LogP contribution in [0.4, 0.5) is 13.2 Å². The average Bonchev–Trinajstić information content (AvgIpc) is 2.86. The van der Waals surface area contributed by atoms with Gasteiger partial charge < -0.3 is 10.6 Å². The lowest BCUT2D eigenvalue weighted by molar-refractivity contribution is -0.0875. The van der Waals surface area contributed by atoms with Crippen LogP contribution in [-0.4, -0.2) is 53.3 Å². The molecule has 1 unspecified atom stereocenters. The second-order valence-corrected chi connectivity index (χ2v) is 7.00. The molecule has 1 fully saturated rings. The number of hydrogen-bond donors (Lipinski definition) is 3. The summed E-state index contributed by atoms with van der Waals surface area (Å²) in [5, 5.41) is 9.69. The van der Waals surface area contributed by atoms with Crippen LogP contribution in [0.3, 0.4) is 0 Å². The summed E-state index contributed by atoms with van der Waals surface area (Å²) in [5.41, 5.74) is 6.57. The predicted molar refractivity (Wildman–Crippen MR) is 92.3 cm³/mol. The molecule has 0 bridgehead atoms. The van der Waals surface area contributed by atoms with Crippen LogP contribution in [0.25, 0.3) is 0 Å². The predicted octanol–water partition coefficient (Wildman–Crippen LogP) is 1.19. The first-order chi connectivity index (χ1) is 12.0. The van der Waals surface area contributed by atoms with Gasteiger partial charge in [-0.2, -0.15) is 18.3 Å². The maximum Gasteiger partial charge on any atom is 0.421 e. The molecule has 3 heterocycles. The minimum atomic E-state index is -4.53. The second-order valence-electron chi connectivity index (χ2n) is 7.00. The van der Waals surface area contributed by atoms with Crippen LogP contribution in [0.5, 0.6) is 0 Å². The Bertz CT molecular complexity index is 744. The van der Waals surface area contributed by atoms with E-state index in [-0.39, 0.29) is 11.9 Å². The van der Waals surface area contributed by atoms with Crippen molar-refractivity contribution in [2.45, 2.75) is 44.8 Å². The van der Waals surface area contributed by atoms with Crippen LogP contribution in [0.1, 0.15) is 31.1 Å². The molecule has 0 radical (unpaired) electrons. The molecule has 0 saturated carbocycles. The highest BCUT2D eigenvalue weighted by Gasteiger charge is 2.42. The Labute approximate surface area is 150 Å². The highest BCUT2D eigenvalue weighted by atomic mass is 19.4. The largest absolute Gasteiger partial charge is 0.421 e. The van der Waals surface area contributed by atoms with E-state index in [1.807, 2.05) is 4.68 Å². The van der Waals surface area contributed by atoms with Crippen molar-refractivity contribution in [2.24, 2.45) is 10.7 Å². The molecule has 1 atom stereocenters. The molecule has 1 aromatic heterocycles. The highest BCUT2D eigenvalue weighted by Crippen LogP contribution is 2.32. The molecule has 0 aliphatic carbocycles. The van der Waals surface area contributed by atoms with Crippen molar-refractivity contribution >= 4 is 6.21 Å². The summed E-state index contributed by atoms with van der Waals surface area (Å²) in [4.78, 5) is 6.27. The topological polar surface area (TPSA) is 83.5 Å². The smallest absolute Gasteiger partial charge is 0.374 e. The summed E-state index contributed by atoms with van der Waals surface area (Å²) in [7, 11) is 1.40. The molecule has 26 heavy (non-hydrogen) atoms. The van der Waals surface area contributed by atoms with E-state index in [2.05, 4.69) is 39.5 Å². The van der Waals surface area contributed by atoms with E-state index in [0.717, 1.165) is 19.3 Å². The fourth-order valence-corrected chi connectivity index (χ4v) is 3.19. The van der Waals surface area contributed by atoms with Gasteiger partial charge in [0, 0.05) is 38.6 Å². The number of likely N-dealkylation sites (tertiary alicyclic amines) is 1. The summed E-state index contributed by atoms with van der Waals surface area (Å²) >= 11 is 0. The zero-order valence-electron chi connectivity index (χ0n) is 15.2. The summed E-state index contributed by atoms with van der Waals surface area (Å²) in [6.07, 6.45) is -1.99. The van der Waals surface area contributed by atoms with Crippen molar-refractivity contribution in [1.82, 2.24) is 25.3 Å². The molecule has 0 amide bonds. The van der Waals surface area contributed by atoms with Gasteiger partial charge in [-0.1, -0.05) is 0 Å². The summed E-state index contributed by atoms with van der Waals surface area (Å²) in [6.45, 7) is 7.81. The van der Waals surface area contributed by atoms with Gasteiger partial charge in [-0.05, 0) is 20.8 Å². The van der Waals surface area contributed by atoms with Gasteiger partial charge in [0.2, 0.25) is 5.79 Å². The standard InChI is InChI=1S/C16H24F3N7/c1-9(2)25-6-11(7-25)26-8-13(10(3)24-26)16(20)22-5-12(15(17,18)19)14(21-4)23-16/h5,8-9,11,21,23H,6-7,20H2,1-4H3. The Kier molecular flexibility index (Phi) is 4.51. The SMILES string of the molecule is CNC1=C(C(F)(F)F)C=NC(N)(c2cn(C3CN(C(C)C)C3)nc2C)N1. The fourth-order valence-electron chi connectivity index (χ4n) is 3.19. The van der Waals surface area contributed by atoms with Crippen molar-refractivity contribution in [3.8, 4) is 0 Å². The molecule has 2 aliphatic heterocycles. The lowest BCUT2D eigenvalue weighted by atomic mass is 10.1. The minimum Gasteiger partial charge on any atom is -0.374 e. The zero-order valence-corrected chi connectivity index (χ0v) is 15.2. The van der Waals surface area contributed by atoms with Crippen LogP contribution in [-0.2, 0) is 5.79 Å². The van der Waals surface area contributed by atoms with Crippen LogP contribution in [0.2, 0.25) is 0 Å². The fraction of sp³-hybridized carbons (Fsp3) is 0.625. The van der Waals surface area contributed by atoms with Gasteiger partial charge in [-0.25, -0.2) is 4.99 Å². The van der Waals surface area contributed by atoms with Gasteiger partial charge in [0.05, 0.1) is 17.3 Å². The summed E-state index contributed by atoms with van der Waals surface area (Å²) < 4.78 is 41.1. The molecular weight excluding hydrogens is 347 g/mol. The van der Waals surface area contributed by atoms with Gasteiger partial charge in [0.1, 0.15) is 11.4 Å². The molecule has 10 heteroatoms. The number of alkyl halides is 3. The summed E-state index contributed by atoms with van der Waals surface area (Å²) in [6, 6.07) is 0.697. The molecule has 144 valence electrons. The van der Waals surface area contributed by atoms with Gasteiger partial charge in [-0.15, -0.1) is 0 Å². The molecule has 2 aliphatic rings. The minimum absolute atomic E-state index is 0.211. The van der Waals surface area contributed by atoms with E-state index in [1.54, 1.807) is 13.1 Å². The van der Waals surface area contributed by atoms with Crippen LogP contribution in [0, 0.1) is 6.92 Å². The Morgan fingerprint density at radius 1 is 1.38 bits per heavy atom. The van der Waals surface area contributed by atoms with Crippen molar-refractivity contribution in [1.29, 1.82) is 0 Å².